The van der Waals surface area contributed by atoms with E-state index >= 15 is 0 Å². The molecule has 3 nitrogen and oxygen atoms in total. The second-order valence-corrected chi connectivity index (χ2v) is 7.59. The van der Waals surface area contributed by atoms with Crippen LogP contribution in [0.15, 0.2) is 6.07 Å². The fourth-order valence-corrected chi connectivity index (χ4v) is 4.31. The van der Waals surface area contributed by atoms with Crippen LogP contribution in [0.25, 0.3) is 0 Å². The normalized spacial score (nSPS) is 23.5. The third-order valence-corrected chi connectivity index (χ3v) is 4.75. The number of nitrogens with zero attached hydrogens (tertiary/aromatic N) is 2. The number of rotatable bonds is 2. The van der Waals surface area contributed by atoms with Crippen LogP contribution in [0.5, 0.6) is 0 Å². The molecule has 2 atom stereocenters. The molecular formula is C14H21N3S2. The lowest BCUT2D eigenvalue weighted by atomic mass is 10.1. The van der Waals surface area contributed by atoms with Gasteiger partial charge < -0.3 is 10.6 Å². The highest BCUT2D eigenvalue weighted by molar-refractivity contribution is 8.00. The maximum Gasteiger partial charge on any atom is 0.107 e. The Morgan fingerprint density at radius 3 is 2.47 bits per heavy atom. The summed E-state index contributed by atoms with van der Waals surface area (Å²) in [7, 11) is 0. The lowest BCUT2D eigenvalue weighted by Crippen LogP contribution is -2.41. The molecule has 0 bridgehead atoms. The van der Waals surface area contributed by atoms with Gasteiger partial charge in [-0.1, -0.05) is 26.1 Å². The first-order valence-corrected chi connectivity index (χ1v) is 7.92. The molecule has 0 radical (unpaired) electrons. The summed E-state index contributed by atoms with van der Waals surface area (Å²) in [6, 6.07) is 2.11. The van der Waals surface area contributed by atoms with Gasteiger partial charge in [0.15, 0.2) is 0 Å². The molecule has 0 saturated carbocycles. The maximum atomic E-state index is 5.90. The molecule has 104 valence electrons. The zero-order chi connectivity index (χ0) is 14.2. The van der Waals surface area contributed by atoms with E-state index in [1.807, 2.05) is 25.6 Å². The van der Waals surface area contributed by atoms with Crippen molar-refractivity contribution >= 4 is 34.7 Å². The number of pyridine rings is 1. The lowest BCUT2D eigenvalue weighted by molar-refractivity contribution is 0.726. The molecule has 2 heterocycles. The van der Waals surface area contributed by atoms with Crippen molar-refractivity contribution in [1.82, 2.24) is 4.98 Å². The highest BCUT2D eigenvalue weighted by Gasteiger charge is 2.25. The summed E-state index contributed by atoms with van der Waals surface area (Å²) in [6.45, 7) is 10.6. The van der Waals surface area contributed by atoms with E-state index in [2.05, 4.69) is 29.8 Å². The van der Waals surface area contributed by atoms with Gasteiger partial charge >= 0.3 is 0 Å². The van der Waals surface area contributed by atoms with E-state index in [0.29, 0.717) is 15.5 Å². The average molecular weight is 295 g/mol. The molecule has 19 heavy (non-hydrogen) atoms. The molecule has 1 aliphatic rings. The third-order valence-electron chi connectivity index (χ3n) is 3.31. The largest absolute Gasteiger partial charge is 0.389 e. The average Bonchev–Trinajstić information content (AvgIpc) is 2.25. The molecule has 0 aromatic carbocycles. The van der Waals surface area contributed by atoms with Gasteiger partial charge in [-0.3, -0.25) is 4.98 Å². The Morgan fingerprint density at radius 1 is 1.37 bits per heavy atom. The minimum Gasteiger partial charge on any atom is -0.389 e. The van der Waals surface area contributed by atoms with Crippen molar-refractivity contribution < 1.29 is 0 Å². The second kappa shape index (κ2) is 5.67. The van der Waals surface area contributed by atoms with Crippen molar-refractivity contribution in [2.75, 3.05) is 18.0 Å². The monoisotopic (exact) mass is 295 g/mol. The van der Waals surface area contributed by atoms with Crippen LogP contribution in [-0.2, 0) is 0 Å². The number of aryl methyl sites for hydroxylation is 2. The minimum atomic E-state index is 0.443. The lowest BCUT2D eigenvalue weighted by Gasteiger charge is -2.37. The van der Waals surface area contributed by atoms with Gasteiger partial charge in [-0.15, -0.1) is 0 Å². The number of hydrogen-bond donors (Lipinski definition) is 1. The molecule has 0 aliphatic carbocycles. The van der Waals surface area contributed by atoms with Gasteiger partial charge in [0.1, 0.15) is 4.99 Å². The Bertz CT molecular complexity index is 492. The standard InChI is InChI=1S/C14H21N3S2/c1-8-5-12(13(14(15)18)11(4)16-8)17-6-9(2)19-10(3)7-17/h5,9-10H,6-7H2,1-4H3,(H2,15,18). The molecular weight excluding hydrogens is 274 g/mol. The van der Waals surface area contributed by atoms with E-state index < -0.39 is 0 Å². The number of aromatic nitrogens is 1. The van der Waals surface area contributed by atoms with E-state index in [1.165, 1.54) is 0 Å². The number of anilines is 1. The summed E-state index contributed by atoms with van der Waals surface area (Å²) in [5.74, 6) is 0. The van der Waals surface area contributed by atoms with E-state index in [9.17, 15) is 0 Å². The van der Waals surface area contributed by atoms with E-state index in [0.717, 1.165) is 35.7 Å². The molecule has 0 amide bonds. The first-order chi connectivity index (χ1) is 8.88. The smallest absolute Gasteiger partial charge is 0.107 e. The first-order valence-electron chi connectivity index (χ1n) is 6.57. The SMILES string of the molecule is Cc1cc(N2CC(C)SC(C)C2)c(C(N)=S)c(C)n1. The predicted octanol–water partition coefficient (Wildman–Crippen LogP) is 2.66. The van der Waals surface area contributed by atoms with Gasteiger partial charge in [-0.25, -0.2) is 0 Å². The third kappa shape index (κ3) is 3.20. The van der Waals surface area contributed by atoms with E-state index in [-0.39, 0.29) is 0 Å². The summed E-state index contributed by atoms with van der Waals surface area (Å²) < 4.78 is 0. The van der Waals surface area contributed by atoms with Gasteiger partial charge in [0.05, 0.1) is 11.3 Å². The molecule has 0 spiro atoms. The van der Waals surface area contributed by atoms with Crippen LogP contribution in [0.3, 0.4) is 0 Å². The van der Waals surface area contributed by atoms with Crippen molar-refractivity contribution in [1.29, 1.82) is 0 Å². The Balaban J connectivity index is 2.45. The fourth-order valence-electron chi connectivity index (χ4n) is 2.74. The zero-order valence-electron chi connectivity index (χ0n) is 11.9. The van der Waals surface area contributed by atoms with Crippen LogP contribution >= 0.6 is 24.0 Å². The number of hydrogen-bond acceptors (Lipinski definition) is 4. The van der Waals surface area contributed by atoms with Crippen molar-refractivity contribution in [3.05, 3.63) is 23.0 Å². The van der Waals surface area contributed by atoms with Crippen LogP contribution in [-0.4, -0.2) is 33.6 Å². The van der Waals surface area contributed by atoms with Gasteiger partial charge in [-0.05, 0) is 19.9 Å². The van der Waals surface area contributed by atoms with Crippen LogP contribution in [0.2, 0.25) is 0 Å². The zero-order valence-corrected chi connectivity index (χ0v) is 13.6. The Kier molecular flexibility index (Phi) is 4.36. The topological polar surface area (TPSA) is 42.1 Å². The summed E-state index contributed by atoms with van der Waals surface area (Å²) in [6.07, 6.45) is 0. The van der Waals surface area contributed by atoms with Gasteiger partial charge in [0, 0.05) is 35.0 Å². The van der Waals surface area contributed by atoms with Gasteiger partial charge in [-0.2, -0.15) is 11.8 Å². The summed E-state index contributed by atoms with van der Waals surface area (Å²) in [5.41, 5.74) is 9.94. The Labute approximate surface area is 125 Å². The maximum absolute atomic E-state index is 5.90. The predicted molar refractivity (Wildman–Crippen MR) is 88.3 cm³/mol. The minimum absolute atomic E-state index is 0.443. The Morgan fingerprint density at radius 2 is 1.95 bits per heavy atom. The highest BCUT2D eigenvalue weighted by atomic mass is 32.2. The molecule has 1 saturated heterocycles. The molecule has 1 fully saturated rings. The molecule has 1 aromatic rings. The Hall–Kier alpha value is -0.810. The number of thioether (sulfide) groups is 1. The highest BCUT2D eigenvalue weighted by Crippen LogP contribution is 2.31. The quantitative estimate of drug-likeness (QED) is 0.850. The van der Waals surface area contributed by atoms with Gasteiger partial charge in [0.2, 0.25) is 0 Å². The van der Waals surface area contributed by atoms with Crippen molar-refractivity contribution in [2.45, 2.75) is 38.2 Å². The molecule has 2 rings (SSSR count). The summed E-state index contributed by atoms with van der Waals surface area (Å²) in [4.78, 5) is 7.34. The van der Waals surface area contributed by atoms with E-state index in [4.69, 9.17) is 18.0 Å². The summed E-state index contributed by atoms with van der Waals surface area (Å²) >= 11 is 7.26. The van der Waals surface area contributed by atoms with Gasteiger partial charge in [0.25, 0.3) is 0 Å². The van der Waals surface area contributed by atoms with E-state index in [1.54, 1.807) is 0 Å². The molecule has 5 heteroatoms. The van der Waals surface area contributed by atoms with Crippen LogP contribution in [0.1, 0.15) is 30.8 Å². The van der Waals surface area contributed by atoms with Crippen molar-refractivity contribution in [3.63, 3.8) is 0 Å². The summed E-state index contributed by atoms with van der Waals surface area (Å²) in [5, 5.41) is 1.24. The van der Waals surface area contributed by atoms with Crippen LogP contribution in [0.4, 0.5) is 5.69 Å². The molecule has 2 unspecified atom stereocenters. The van der Waals surface area contributed by atoms with Crippen LogP contribution in [0, 0.1) is 13.8 Å². The molecule has 1 aromatic heterocycles. The second-order valence-electron chi connectivity index (χ2n) is 5.27. The van der Waals surface area contributed by atoms with Crippen molar-refractivity contribution in [3.8, 4) is 0 Å². The number of thiocarbonyl (C=S) groups is 1. The van der Waals surface area contributed by atoms with Crippen molar-refractivity contribution in [2.24, 2.45) is 5.73 Å². The van der Waals surface area contributed by atoms with Crippen LogP contribution < -0.4 is 10.6 Å². The first kappa shape index (κ1) is 14.6. The molecule has 2 N–H and O–H groups in total. The number of nitrogens with two attached hydrogens (primary N) is 1. The molecule has 1 aliphatic heterocycles. The fraction of sp³-hybridized carbons (Fsp3) is 0.571.